The highest BCUT2D eigenvalue weighted by atomic mass is 32.2. The molecule has 0 aliphatic carbocycles. The minimum Gasteiger partial charge on any atom is -0.360 e. The Kier molecular flexibility index (Phi) is 5.79. The van der Waals surface area contributed by atoms with E-state index in [2.05, 4.69) is 33.2 Å². The largest absolute Gasteiger partial charge is 0.360 e. The molecular weight excluding hydrogens is 430 g/mol. The summed E-state index contributed by atoms with van der Waals surface area (Å²) in [6, 6.07) is 19.8. The zero-order chi connectivity index (χ0) is 22.8. The second-order valence-corrected chi connectivity index (χ2v) is 8.85. The Labute approximate surface area is 196 Å². The van der Waals surface area contributed by atoms with Crippen LogP contribution in [0.2, 0.25) is 0 Å². The summed E-state index contributed by atoms with van der Waals surface area (Å²) in [6.07, 6.45) is 6.22. The quantitative estimate of drug-likeness (QED) is 0.255. The van der Waals surface area contributed by atoms with E-state index < -0.39 is 5.25 Å². The normalized spacial score (nSPS) is 12.2. The molecule has 0 saturated carbocycles. The Morgan fingerprint density at radius 2 is 1.91 bits per heavy atom. The summed E-state index contributed by atoms with van der Waals surface area (Å²) in [6.45, 7) is 2.12. The van der Waals surface area contributed by atoms with E-state index >= 15 is 0 Å². The highest BCUT2D eigenvalue weighted by molar-refractivity contribution is 8.00. The lowest BCUT2D eigenvalue weighted by Gasteiger charge is -2.15. The number of fused-ring (bicyclic) bond motifs is 1. The van der Waals surface area contributed by atoms with Crippen LogP contribution >= 0.6 is 11.8 Å². The van der Waals surface area contributed by atoms with E-state index in [0.29, 0.717) is 16.5 Å². The molecule has 0 aliphatic heterocycles. The first-order valence-corrected chi connectivity index (χ1v) is 11.7. The maximum absolute atomic E-state index is 13.9. The third-order valence-electron chi connectivity index (χ3n) is 5.77. The number of aromatic nitrogens is 5. The molecule has 0 spiro atoms. The number of para-hydroxylation sites is 1. The number of aromatic amines is 1. The van der Waals surface area contributed by atoms with Crippen LogP contribution < -0.4 is 0 Å². The lowest BCUT2D eigenvalue weighted by molar-refractivity contribution is 0.0991. The van der Waals surface area contributed by atoms with Crippen molar-refractivity contribution < 1.29 is 4.79 Å². The van der Waals surface area contributed by atoms with Crippen molar-refractivity contribution >= 4 is 28.4 Å². The number of carbonyl (C=O) groups excluding carboxylic acids is 1. The molecule has 0 fully saturated rings. The van der Waals surface area contributed by atoms with Gasteiger partial charge in [0.25, 0.3) is 0 Å². The highest BCUT2D eigenvalue weighted by Gasteiger charge is 2.28. The molecule has 0 radical (unpaired) electrons. The van der Waals surface area contributed by atoms with E-state index in [1.807, 2.05) is 72.4 Å². The number of pyridine rings is 1. The molecule has 33 heavy (non-hydrogen) atoms. The number of H-pyrrole nitrogens is 1. The highest BCUT2D eigenvalue weighted by Crippen LogP contribution is 2.39. The molecule has 3 heterocycles. The van der Waals surface area contributed by atoms with Gasteiger partial charge in [0.15, 0.2) is 16.8 Å². The number of nitrogens with one attached hydrogen (secondary N) is 1. The van der Waals surface area contributed by atoms with E-state index in [1.54, 1.807) is 12.4 Å². The lowest BCUT2D eigenvalue weighted by atomic mass is 10.0. The lowest BCUT2D eigenvalue weighted by Crippen LogP contribution is -2.11. The van der Waals surface area contributed by atoms with Gasteiger partial charge in [-0.3, -0.25) is 9.78 Å². The van der Waals surface area contributed by atoms with Crippen LogP contribution in [-0.4, -0.2) is 30.5 Å². The van der Waals surface area contributed by atoms with Crippen LogP contribution in [0.5, 0.6) is 0 Å². The van der Waals surface area contributed by atoms with Gasteiger partial charge in [-0.1, -0.05) is 67.2 Å². The van der Waals surface area contributed by atoms with E-state index in [0.717, 1.165) is 28.5 Å². The number of nitrogens with zero attached hydrogens (tertiary/aromatic N) is 4. The molecule has 3 aromatic heterocycles. The van der Waals surface area contributed by atoms with Gasteiger partial charge < -0.3 is 9.55 Å². The van der Waals surface area contributed by atoms with Gasteiger partial charge >= 0.3 is 0 Å². The Hall–Kier alpha value is -3.71. The number of rotatable bonds is 7. The second-order valence-electron chi connectivity index (χ2n) is 7.78. The fourth-order valence-electron chi connectivity index (χ4n) is 4.03. The summed E-state index contributed by atoms with van der Waals surface area (Å²) in [5.74, 6) is 0.751. The van der Waals surface area contributed by atoms with Gasteiger partial charge in [-0.05, 0) is 29.7 Å². The average Bonchev–Trinajstić information content (AvgIpc) is 3.46. The van der Waals surface area contributed by atoms with Crippen molar-refractivity contribution in [2.24, 2.45) is 7.05 Å². The molecule has 1 N–H and O–H groups in total. The van der Waals surface area contributed by atoms with E-state index in [4.69, 9.17) is 0 Å². The molecule has 1 unspecified atom stereocenters. The monoisotopic (exact) mass is 453 g/mol. The number of hydrogen-bond acceptors (Lipinski definition) is 5. The van der Waals surface area contributed by atoms with Crippen molar-refractivity contribution in [1.82, 2.24) is 24.7 Å². The summed E-state index contributed by atoms with van der Waals surface area (Å²) >= 11 is 1.41. The van der Waals surface area contributed by atoms with Gasteiger partial charge in [0.2, 0.25) is 0 Å². The maximum Gasteiger partial charge on any atom is 0.192 e. The zero-order valence-electron chi connectivity index (χ0n) is 18.4. The van der Waals surface area contributed by atoms with Gasteiger partial charge in [-0.15, -0.1) is 10.2 Å². The third kappa shape index (κ3) is 3.96. The zero-order valence-corrected chi connectivity index (χ0v) is 19.2. The molecule has 7 heteroatoms. The minimum atomic E-state index is -0.458. The van der Waals surface area contributed by atoms with E-state index in [9.17, 15) is 4.79 Å². The van der Waals surface area contributed by atoms with Crippen molar-refractivity contribution in [1.29, 1.82) is 0 Å². The van der Waals surface area contributed by atoms with Crippen molar-refractivity contribution in [2.75, 3.05) is 0 Å². The smallest absolute Gasteiger partial charge is 0.192 e. The van der Waals surface area contributed by atoms with Crippen LogP contribution in [0.1, 0.15) is 33.7 Å². The molecule has 0 amide bonds. The number of Topliss-reactive ketones (excluding diaryl/α,β-unsaturated/α-hetero) is 1. The van der Waals surface area contributed by atoms with Gasteiger partial charge in [0.05, 0.1) is 0 Å². The predicted molar refractivity (Wildman–Crippen MR) is 131 cm³/mol. The van der Waals surface area contributed by atoms with Crippen molar-refractivity contribution in [3.8, 4) is 11.4 Å². The summed E-state index contributed by atoms with van der Waals surface area (Å²) in [5.41, 5.74) is 4.73. The Morgan fingerprint density at radius 3 is 2.67 bits per heavy atom. The third-order valence-corrected chi connectivity index (χ3v) is 7.05. The SMILES string of the molecule is CCc1cccc2c(C(=O)C(Sc3nnc(-c4cccnc4)n3C)c3ccccc3)c[nH]c12. The van der Waals surface area contributed by atoms with Crippen molar-refractivity contribution in [3.63, 3.8) is 0 Å². The minimum absolute atomic E-state index is 0.0385. The molecule has 164 valence electrons. The fraction of sp³-hybridized carbons (Fsp3) is 0.154. The molecule has 0 saturated heterocycles. The van der Waals surface area contributed by atoms with E-state index in [1.165, 1.54) is 17.3 Å². The Bertz CT molecular complexity index is 1410. The van der Waals surface area contributed by atoms with Crippen LogP contribution in [0, 0.1) is 0 Å². The van der Waals surface area contributed by atoms with Crippen LogP contribution in [0.4, 0.5) is 0 Å². The Balaban J connectivity index is 1.55. The molecule has 5 aromatic rings. The van der Waals surface area contributed by atoms with Crippen molar-refractivity contribution in [3.05, 3.63) is 95.9 Å². The molecular formula is C26H23N5OS. The molecule has 0 bridgehead atoms. The summed E-state index contributed by atoms with van der Waals surface area (Å²) in [5, 5.41) is 9.93. The summed E-state index contributed by atoms with van der Waals surface area (Å²) in [4.78, 5) is 21.4. The van der Waals surface area contributed by atoms with Crippen molar-refractivity contribution in [2.45, 2.75) is 23.8 Å². The number of thioether (sulfide) groups is 1. The maximum atomic E-state index is 13.9. The molecule has 2 aromatic carbocycles. The van der Waals surface area contributed by atoms with E-state index in [-0.39, 0.29) is 5.78 Å². The van der Waals surface area contributed by atoms with Gasteiger partial charge in [-0.25, -0.2) is 0 Å². The summed E-state index contributed by atoms with van der Waals surface area (Å²) in [7, 11) is 1.91. The number of ketones is 1. The molecule has 1 atom stereocenters. The Morgan fingerprint density at radius 1 is 1.06 bits per heavy atom. The predicted octanol–water partition coefficient (Wildman–Crippen LogP) is 5.64. The molecule has 5 rings (SSSR count). The van der Waals surface area contributed by atoms with Gasteiger partial charge in [0.1, 0.15) is 5.25 Å². The first-order chi connectivity index (χ1) is 16.2. The van der Waals surface area contributed by atoms with Crippen LogP contribution in [0.25, 0.3) is 22.3 Å². The average molecular weight is 454 g/mol. The van der Waals surface area contributed by atoms with Gasteiger partial charge in [-0.2, -0.15) is 0 Å². The van der Waals surface area contributed by atoms with Crippen LogP contribution in [-0.2, 0) is 13.5 Å². The number of benzene rings is 2. The van der Waals surface area contributed by atoms with Gasteiger partial charge in [0, 0.05) is 47.7 Å². The number of carbonyl (C=O) groups is 1. The first kappa shape index (κ1) is 21.2. The summed E-state index contributed by atoms with van der Waals surface area (Å²) < 4.78 is 1.91. The molecule has 0 aliphatic rings. The fourth-order valence-corrected chi connectivity index (χ4v) is 5.10. The number of hydrogen-bond donors (Lipinski definition) is 1. The number of aryl methyl sites for hydroxylation is 1. The van der Waals surface area contributed by atoms with Crippen LogP contribution in [0.3, 0.4) is 0 Å². The second kappa shape index (κ2) is 9.03. The molecule has 6 nitrogen and oxygen atoms in total. The standard InChI is InChI=1S/C26H23N5OS/c1-3-17-11-7-13-20-21(16-28-22(17)20)23(32)24(18-9-5-4-6-10-18)33-26-30-29-25(31(26)2)19-12-8-14-27-15-19/h4-16,24,28H,3H2,1-2H3. The first-order valence-electron chi connectivity index (χ1n) is 10.8. The van der Waals surface area contributed by atoms with Crippen LogP contribution in [0.15, 0.2) is 84.4 Å². The topological polar surface area (TPSA) is 76.5 Å².